The lowest BCUT2D eigenvalue weighted by Crippen LogP contribution is -2.43. The fourth-order valence-electron chi connectivity index (χ4n) is 1.96. The Hall–Kier alpha value is -2.62. The lowest BCUT2D eigenvalue weighted by Gasteiger charge is -2.16. The van der Waals surface area contributed by atoms with Gasteiger partial charge in [-0.15, -0.1) is 0 Å². The fraction of sp³-hybridized carbons (Fsp3) is 0.176. The van der Waals surface area contributed by atoms with Gasteiger partial charge in [0, 0.05) is 13.3 Å². The second kappa shape index (κ2) is 7.24. The Morgan fingerprint density at radius 2 is 1.57 bits per heavy atom. The summed E-state index contributed by atoms with van der Waals surface area (Å²) in [6.07, 6.45) is 0.395. The Bertz CT molecular complexity index is 596. The highest BCUT2D eigenvalue weighted by Gasteiger charge is 2.22. The van der Waals surface area contributed by atoms with Gasteiger partial charge in [0.2, 0.25) is 5.91 Å². The van der Waals surface area contributed by atoms with Crippen molar-refractivity contribution in [3.8, 4) is 5.75 Å². The maximum Gasteiger partial charge on any atom is 0.334 e. The van der Waals surface area contributed by atoms with Crippen molar-refractivity contribution in [2.75, 3.05) is 0 Å². The number of benzene rings is 2. The van der Waals surface area contributed by atoms with Gasteiger partial charge in [-0.05, 0) is 17.7 Å². The van der Waals surface area contributed by atoms with E-state index in [1.165, 1.54) is 6.92 Å². The largest absolute Gasteiger partial charge is 0.425 e. The van der Waals surface area contributed by atoms with E-state index in [0.29, 0.717) is 12.2 Å². The van der Waals surface area contributed by atoms with E-state index in [9.17, 15) is 9.59 Å². The Balaban J connectivity index is 2.08. The maximum absolute atomic E-state index is 12.2. The zero-order valence-corrected chi connectivity index (χ0v) is 11.8. The molecule has 1 atom stereocenters. The number of carbonyl (C=O) groups is 2. The number of hydrogen-bond donors (Lipinski definition) is 1. The van der Waals surface area contributed by atoms with Gasteiger partial charge in [-0.3, -0.25) is 4.79 Å². The molecule has 4 heteroatoms. The first-order valence-electron chi connectivity index (χ1n) is 6.73. The SMILES string of the molecule is CC(=O)N[C@@H](Cc1ccccc1)C(=O)Oc1ccccc1. The zero-order valence-electron chi connectivity index (χ0n) is 11.8. The van der Waals surface area contributed by atoms with Crippen molar-refractivity contribution in [2.45, 2.75) is 19.4 Å². The third-order valence-electron chi connectivity index (χ3n) is 2.91. The average Bonchev–Trinajstić information content (AvgIpc) is 2.48. The van der Waals surface area contributed by atoms with E-state index in [1.54, 1.807) is 24.3 Å². The van der Waals surface area contributed by atoms with Gasteiger partial charge in [-0.25, -0.2) is 4.79 Å². The second-order valence-electron chi connectivity index (χ2n) is 4.68. The van der Waals surface area contributed by atoms with Crippen molar-refractivity contribution in [1.29, 1.82) is 0 Å². The molecule has 0 unspecified atom stereocenters. The molecule has 1 amide bonds. The van der Waals surface area contributed by atoms with E-state index in [4.69, 9.17) is 4.74 Å². The number of nitrogens with one attached hydrogen (secondary N) is 1. The number of carbonyl (C=O) groups excluding carboxylic acids is 2. The summed E-state index contributed by atoms with van der Waals surface area (Å²) < 4.78 is 5.30. The normalized spacial score (nSPS) is 11.5. The summed E-state index contributed by atoms with van der Waals surface area (Å²) >= 11 is 0. The van der Waals surface area contributed by atoms with Crippen LogP contribution in [0.4, 0.5) is 0 Å². The molecule has 0 heterocycles. The van der Waals surface area contributed by atoms with Crippen LogP contribution in [-0.2, 0) is 16.0 Å². The fourth-order valence-corrected chi connectivity index (χ4v) is 1.96. The first-order valence-corrected chi connectivity index (χ1v) is 6.73. The number of rotatable bonds is 5. The molecule has 0 saturated carbocycles. The number of hydrogen-bond acceptors (Lipinski definition) is 3. The van der Waals surface area contributed by atoms with E-state index in [0.717, 1.165) is 5.56 Å². The minimum Gasteiger partial charge on any atom is -0.425 e. The molecule has 0 aliphatic heterocycles. The minimum atomic E-state index is -0.704. The molecule has 2 aromatic carbocycles. The van der Waals surface area contributed by atoms with Crippen LogP contribution in [-0.4, -0.2) is 17.9 Å². The average molecular weight is 283 g/mol. The van der Waals surface area contributed by atoms with Crippen LogP contribution in [0.1, 0.15) is 12.5 Å². The molecule has 2 aromatic rings. The molecule has 0 fully saturated rings. The van der Waals surface area contributed by atoms with E-state index in [-0.39, 0.29) is 5.91 Å². The van der Waals surface area contributed by atoms with Crippen LogP contribution in [0.15, 0.2) is 60.7 Å². The van der Waals surface area contributed by atoms with Crippen LogP contribution in [0.3, 0.4) is 0 Å². The van der Waals surface area contributed by atoms with Crippen molar-refractivity contribution in [3.63, 3.8) is 0 Å². The Kier molecular flexibility index (Phi) is 5.10. The molecule has 4 nitrogen and oxygen atoms in total. The number of esters is 1. The van der Waals surface area contributed by atoms with E-state index in [1.807, 2.05) is 36.4 Å². The van der Waals surface area contributed by atoms with E-state index >= 15 is 0 Å². The van der Waals surface area contributed by atoms with Gasteiger partial charge in [-0.1, -0.05) is 48.5 Å². The van der Waals surface area contributed by atoms with Crippen molar-refractivity contribution >= 4 is 11.9 Å². The smallest absolute Gasteiger partial charge is 0.334 e. The molecule has 21 heavy (non-hydrogen) atoms. The molecule has 2 rings (SSSR count). The molecular weight excluding hydrogens is 266 g/mol. The van der Waals surface area contributed by atoms with Crippen LogP contribution < -0.4 is 10.1 Å². The topological polar surface area (TPSA) is 55.4 Å². The van der Waals surface area contributed by atoms with Gasteiger partial charge in [0.15, 0.2) is 0 Å². The predicted molar refractivity (Wildman–Crippen MR) is 79.8 cm³/mol. The maximum atomic E-state index is 12.2. The molecule has 0 bridgehead atoms. The van der Waals surface area contributed by atoms with E-state index in [2.05, 4.69) is 5.32 Å². The summed E-state index contributed by atoms with van der Waals surface area (Å²) in [5, 5.41) is 2.63. The summed E-state index contributed by atoms with van der Waals surface area (Å²) in [5.41, 5.74) is 0.960. The highest BCUT2D eigenvalue weighted by molar-refractivity contribution is 5.84. The third kappa shape index (κ3) is 4.76. The zero-order chi connectivity index (χ0) is 15.1. The Labute approximate surface area is 123 Å². The first-order chi connectivity index (χ1) is 10.1. The van der Waals surface area contributed by atoms with Crippen molar-refractivity contribution in [3.05, 3.63) is 66.2 Å². The van der Waals surface area contributed by atoms with Crippen LogP contribution in [0.5, 0.6) is 5.75 Å². The molecule has 0 aliphatic carbocycles. The second-order valence-corrected chi connectivity index (χ2v) is 4.68. The lowest BCUT2D eigenvalue weighted by atomic mass is 10.1. The highest BCUT2D eigenvalue weighted by atomic mass is 16.5. The van der Waals surface area contributed by atoms with Gasteiger partial charge in [0.1, 0.15) is 11.8 Å². The van der Waals surface area contributed by atoms with Gasteiger partial charge < -0.3 is 10.1 Å². The molecule has 108 valence electrons. The molecular formula is C17H17NO3. The standard InChI is InChI=1S/C17H17NO3/c1-13(19)18-16(12-14-8-4-2-5-9-14)17(20)21-15-10-6-3-7-11-15/h2-11,16H,12H2,1H3,(H,18,19)/t16-/m0/s1. The molecule has 0 aliphatic rings. The number of amides is 1. The lowest BCUT2D eigenvalue weighted by molar-refractivity contribution is -0.139. The van der Waals surface area contributed by atoms with Crippen molar-refractivity contribution < 1.29 is 14.3 Å². The summed E-state index contributed by atoms with van der Waals surface area (Å²) in [4.78, 5) is 23.5. The van der Waals surface area contributed by atoms with Crippen molar-refractivity contribution in [1.82, 2.24) is 5.32 Å². The summed E-state index contributed by atoms with van der Waals surface area (Å²) in [6.45, 7) is 1.38. The van der Waals surface area contributed by atoms with Gasteiger partial charge >= 0.3 is 5.97 Å². The Morgan fingerprint density at radius 1 is 1.00 bits per heavy atom. The van der Waals surface area contributed by atoms with E-state index < -0.39 is 12.0 Å². The Morgan fingerprint density at radius 3 is 2.14 bits per heavy atom. The van der Waals surface area contributed by atoms with Crippen LogP contribution >= 0.6 is 0 Å². The molecule has 0 radical (unpaired) electrons. The molecule has 0 spiro atoms. The summed E-state index contributed by atoms with van der Waals surface area (Å²) in [6, 6.07) is 17.6. The molecule has 0 aromatic heterocycles. The highest BCUT2D eigenvalue weighted by Crippen LogP contribution is 2.11. The van der Waals surface area contributed by atoms with Crippen molar-refractivity contribution in [2.24, 2.45) is 0 Å². The van der Waals surface area contributed by atoms with Crippen LogP contribution in [0.2, 0.25) is 0 Å². The number of para-hydroxylation sites is 1. The predicted octanol–water partition coefficient (Wildman–Crippen LogP) is 2.34. The van der Waals surface area contributed by atoms with Gasteiger partial charge in [0.05, 0.1) is 0 Å². The van der Waals surface area contributed by atoms with Gasteiger partial charge in [0.25, 0.3) is 0 Å². The number of ether oxygens (including phenoxy) is 1. The third-order valence-corrected chi connectivity index (χ3v) is 2.91. The first kappa shape index (κ1) is 14.8. The summed E-state index contributed by atoms with van der Waals surface area (Å²) in [7, 11) is 0. The quantitative estimate of drug-likeness (QED) is 0.677. The molecule has 0 saturated heterocycles. The minimum absolute atomic E-state index is 0.263. The van der Waals surface area contributed by atoms with Gasteiger partial charge in [-0.2, -0.15) is 0 Å². The monoisotopic (exact) mass is 283 g/mol. The van der Waals surface area contributed by atoms with Crippen LogP contribution in [0, 0.1) is 0 Å². The van der Waals surface area contributed by atoms with Crippen LogP contribution in [0.25, 0.3) is 0 Å². The molecule has 1 N–H and O–H groups in total. The summed E-state index contributed by atoms with van der Waals surface area (Å²) in [5.74, 6) is -0.271.